The summed E-state index contributed by atoms with van der Waals surface area (Å²) in [6.45, 7) is 1.32. The third kappa shape index (κ3) is 5.37. The largest absolute Gasteiger partial charge is 0.352 e. The summed E-state index contributed by atoms with van der Waals surface area (Å²) in [7, 11) is 0. The van der Waals surface area contributed by atoms with Crippen molar-refractivity contribution in [3.8, 4) is 0 Å². The minimum Gasteiger partial charge on any atom is -0.352 e. The fourth-order valence-corrected chi connectivity index (χ4v) is 3.17. The summed E-state index contributed by atoms with van der Waals surface area (Å²) in [4.78, 5) is 34.3. The predicted octanol–water partition coefficient (Wildman–Crippen LogP) is 1.76. The van der Waals surface area contributed by atoms with Crippen molar-refractivity contribution < 1.29 is 9.59 Å². The molecule has 26 heavy (non-hydrogen) atoms. The Hall–Kier alpha value is -2.76. The Bertz CT molecular complexity index is 721. The zero-order valence-electron chi connectivity index (χ0n) is 14.8. The van der Waals surface area contributed by atoms with Crippen LogP contribution in [0.4, 0.5) is 0 Å². The molecular formula is C20H24N4O2. The van der Waals surface area contributed by atoms with E-state index < -0.39 is 0 Å². The molecule has 1 saturated heterocycles. The molecule has 6 nitrogen and oxygen atoms in total. The molecule has 0 radical (unpaired) electrons. The summed E-state index contributed by atoms with van der Waals surface area (Å²) < 4.78 is 0. The van der Waals surface area contributed by atoms with Crippen molar-refractivity contribution in [1.29, 1.82) is 0 Å². The number of nitrogens with zero attached hydrogens (tertiary/aromatic N) is 3. The number of aryl methyl sites for hydroxylation is 2. The van der Waals surface area contributed by atoms with Crippen molar-refractivity contribution >= 4 is 11.8 Å². The van der Waals surface area contributed by atoms with Crippen molar-refractivity contribution in [2.45, 2.75) is 38.1 Å². The van der Waals surface area contributed by atoms with E-state index in [1.807, 2.05) is 41.3 Å². The van der Waals surface area contributed by atoms with Gasteiger partial charge in [-0.3, -0.25) is 9.59 Å². The molecule has 2 aromatic rings. The maximum Gasteiger partial charge on any atom is 0.222 e. The van der Waals surface area contributed by atoms with Crippen LogP contribution in [0.3, 0.4) is 0 Å². The summed E-state index contributed by atoms with van der Waals surface area (Å²) in [5.41, 5.74) is 2.04. The van der Waals surface area contributed by atoms with Gasteiger partial charge in [0, 0.05) is 43.9 Å². The summed E-state index contributed by atoms with van der Waals surface area (Å²) in [5, 5.41) is 3.03. The highest BCUT2D eigenvalue weighted by Gasteiger charge is 2.26. The maximum atomic E-state index is 12.4. The van der Waals surface area contributed by atoms with E-state index in [0.717, 1.165) is 18.5 Å². The molecule has 1 aliphatic rings. The number of hydrogen-bond donors (Lipinski definition) is 1. The molecule has 0 saturated carbocycles. The van der Waals surface area contributed by atoms with Crippen LogP contribution < -0.4 is 5.32 Å². The summed E-state index contributed by atoms with van der Waals surface area (Å²) in [6, 6.07) is 11.9. The van der Waals surface area contributed by atoms with Crippen LogP contribution in [0.15, 0.2) is 48.9 Å². The Morgan fingerprint density at radius 2 is 1.96 bits per heavy atom. The van der Waals surface area contributed by atoms with Crippen LogP contribution in [-0.4, -0.2) is 45.8 Å². The quantitative estimate of drug-likeness (QED) is 0.824. The van der Waals surface area contributed by atoms with E-state index in [1.165, 1.54) is 11.9 Å². The van der Waals surface area contributed by atoms with E-state index in [-0.39, 0.29) is 17.9 Å². The molecule has 136 valence electrons. The Morgan fingerprint density at radius 3 is 2.73 bits per heavy atom. The highest BCUT2D eigenvalue weighted by molar-refractivity contribution is 5.78. The standard InChI is InChI=1S/C20H24N4O2/c25-19(8-7-17-10-12-21-15-22-17)23-18-11-13-24(14-18)20(26)9-6-16-4-2-1-3-5-16/h1-5,10,12,15,18H,6-9,11,13-14H2,(H,23,25)/t18-/m0/s1. The zero-order chi connectivity index (χ0) is 18.2. The van der Waals surface area contributed by atoms with E-state index in [4.69, 9.17) is 0 Å². The molecule has 0 unspecified atom stereocenters. The lowest BCUT2D eigenvalue weighted by molar-refractivity contribution is -0.130. The van der Waals surface area contributed by atoms with Crippen LogP contribution in [0, 0.1) is 0 Å². The van der Waals surface area contributed by atoms with Crippen LogP contribution in [-0.2, 0) is 22.4 Å². The van der Waals surface area contributed by atoms with Crippen LogP contribution in [0.5, 0.6) is 0 Å². The van der Waals surface area contributed by atoms with Crippen LogP contribution >= 0.6 is 0 Å². The third-order valence-electron chi connectivity index (χ3n) is 4.63. The molecule has 2 amide bonds. The Labute approximate surface area is 153 Å². The van der Waals surface area contributed by atoms with Crippen LogP contribution in [0.1, 0.15) is 30.5 Å². The van der Waals surface area contributed by atoms with E-state index >= 15 is 0 Å². The van der Waals surface area contributed by atoms with Crippen LogP contribution in [0.25, 0.3) is 0 Å². The maximum absolute atomic E-state index is 12.4. The number of benzene rings is 1. The first-order valence-electron chi connectivity index (χ1n) is 9.06. The highest BCUT2D eigenvalue weighted by Crippen LogP contribution is 2.13. The first-order chi connectivity index (χ1) is 12.7. The first kappa shape index (κ1) is 18.0. The van der Waals surface area contributed by atoms with Gasteiger partial charge < -0.3 is 10.2 Å². The molecule has 2 heterocycles. The monoisotopic (exact) mass is 352 g/mol. The number of aromatic nitrogens is 2. The third-order valence-corrected chi connectivity index (χ3v) is 4.63. The molecule has 1 fully saturated rings. The predicted molar refractivity (Wildman–Crippen MR) is 98.2 cm³/mol. The number of amides is 2. The number of rotatable bonds is 7. The number of nitrogens with one attached hydrogen (secondary N) is 1. The van der Waals surface area contributed by atoms with Crippen molar-refractivity contribution in [3.05, 3.63) is 60.2 Å². The number of likely N-dealkylation sites (tertiary alicyclic amines) is 1. The van der Waals surface area contributed by atoms with Gasteiger partial charge in [0.2, 0.25) is 11.8 Å². The normalized spacial score (nSPS) is 16.5. The van der Waals surface area contributed by atoms with Crippen LogP contribution in [0.2, 0.25) is 0 Å². The highest BCUT2D eigenvalue weighted by atomic mass is 16.2. The number of carbonyl (C=O) groups is 2. The second kappa shape index (κ2) is 9.08. The van der Waals surface area contributed by atoms with Gasteiger partial charge in [0.1, 0.15) is 6.33 Å². The minimum atomic E-state index is 0.00666. The lowest BCUT2D eigenvalue weighted by atomic mass is 10.1. The Balaban J connectivity index is 1.37. The summed E-state index contributed by atoms with van der Waals surface area (Å²) in [6.07, 6.45) is 6.25. The van der Waals surface area contributed by atoms with Gasteiger partial charge in [-0.25, -0.2) is 9.97 Å². The molecule has 6 heteroatoms. The fraction of sp³-hybridized carbons (Fsp3) is 0.400. The van der Waals surface area contributed by atoms with E-state index in [1.54, 1.807) is 6.20 Å². The van der Waals surface area contributed by atoms with Crippen molar-refractivity contribution in [2.24, 2.45) is 0 Å². The lowest BCUT2D eigenvalue weighted by Crippen LogP contribution is -2.38. The summed E-state index contributed by atoms with van der Waals surface area (Å²) in [5.74, 6) is 0.166. The first-order valence-corrected chi connectivity index (χ1v) is 9.06. The second-order valence-corrected chi connectivity index (χ2v) is 6.58. The molecule has 0 bridgehead atoms. The van der Waals surface area contributed by atoms with E-state index in [2.05, 4.69) is 15.3 Å². The van der Waals surface area contributed by atoms with Crippen molar-refractivity contribution in [1.82, 2.24) is 20.2 Å². The number of hydrogen-bond acceptors (Lipinski definition) is 4. The smallest absolute Gasteiger partial charge is 0.222 e. The molecule has 1 aliphatic heterocycles. The Kier molecular flexibility index (Phi) is 6.30. The van der Waals surface area contributed by atoms with E-state index in [9.17, 15) is 9.59 Å². The summed E-state index contributed by atoms with van der Waals surface area (Å²) >= 11 is 0. The van der Waals surface area contributed by atoms with Gasteiger partial charge in [-0.05, 0) is 30.9 Å². The molecule has 3 rings (SSSR count). The van der Waals surface area contributed by atoms with Crippen molar-refractivity contribution in [2.75, 3.05) is 13.1 Å². The van der Waals surface area contributed by atoms with Gasteiger partial charge in [-0.15, -0.1) is 0 Å². The molecule has 1 aromatic heterocycles. The lowest BCUT2D eigenvalue weighted by Gasteiger charge is -2.17. The van der Waals surface area contributed by atoms with Gasteiger partial charge in [0.25, 0.3) is 0 Å². The SMILES string of the molecule is O=C(CCc1ccncn1)N[C@H]1CCN(C(=O)CCc2ccccc2)C1. The Morgan fingerprint density at radius 1 is 1.12 bits per heavy atom. The van der Waals surface area contributed by atoms with Gasteiger partial charge in [-0.2, -0.15) is 0 Å². The number of carbonyl (C=O) groups excluding carboxylic acids is 2. The molecule has 0 aliphatic carbocycles. The second-order valence-electron chi connectivity index (χ2n) is 6.58. The fourth-order valence-electron chi connectivity index (χ4n) is 3.17. The topological polar surface area (TPSA) is 75.2 Å². The molecule has 1 atom stereocenters. The van der Waals surface area contributed by atoms with Gasteiger partial charge >= 0.3 is 0 Å². The molecular weight excluding hydrogens is 328 g/mol. The average molecular weight is 352 g/mol. The van der Waals surface area contributed by atoms with E-state index in [0.29, 0.717) is 32.4 Å². The molecule has 1 aromatic carbocycles. The van der Waals surface area contributed by atoms with Gasteiger partial charge in [0.05, 0.1) is 0 Å². The van der Waals surface area contributed by atoms with Gasteiger partial charge in [0.15, 0.2) is 0 Å². The zero-order valence-corrected chi connectivity index (χ0v) is 14.8. The van der Waals surface area contributed by atoms with Gasteiger partial charge in [-0.1, -0.05) is 30.3 Å². The minimum absolute atomic E-state index is 0.00666. The van der Waals surface area contributed by atoms with Crippen molar-refractivity contribution in [3.63, 3.8) is 0 Å². The average Bonchev–Trinajstić information content (AvgIpc) is 3.14. The molecule has 1 N–H and O–H groups in total. The molecule has 0 spiro atoms.